The number of benzene rings is 1. The number of hydrogen-bond donors (Lipinski definition) is 1. The quantitative estimate of drug-likeness (QED) is 0.876. The molecule has 1 aromatic carbocycles. The summed E-state index contributed by atoms with van der Waals surface area (Å²) in [6.45, 7) is 1.12. The molecular weight excluding hydrogens is 234 g/mol. The number of nitrogens with zero attached hydrogens (tertiary/aromatic N) is 1. The number of aliphatic hydroxyl groups excluding tert-OH is 1. The third kappa shape index (κ3) is 2.73. The van der Waals surface area contributed by atoms with Crippen molar-refractivity contribution in [3.05, 3.63) is 18.2 Å². The van der Waals surface area contributed by atoms with Crippen LogP contribution in [0.25, 0.3) is 0 Å². The Balaban J connectivity index is 2.19. The molecule has 0 saturated heterocycles. The second-order valence-electron chi connectivity index (χ2n) is 4.11. The van der Waals surface area contributed by atoms with Crippen LogP contribution in [0, 0.1) is 0 Å². The summed E-state index contributed by atoms with van der Waals surface area (Å²) in [7, 11) is 1.68. The molecule has 98 valence electrons. The number of carbonyl (C=O) groups excluding carboxylic acids is 1. The number of aliphatic hydroxyl groups is 1. The molecule has 5 nitrogen and oxygen atoms in total. The zero-order valence-electron chi connectivity index (χ0n) is 10.4. The van der Waals surface area contributed by atoms with Gasteiger partial charge < -0.3 is 19.5 Å². The van der Waals surface area contributed by atoms with Crippen LogP contribution in [-0.4, -0.2) is 37.9 Å². The smallest absolute Gasteiger partial charge is 0.229 e. The number of rotatable bonds is 3. The highest BCUT2D eigenvalue weighted by Gasteiger charge is 2.15. The van der Waals surface area contributed by atoms with Crippen molar-refractivity contribution in [2.75, 3.05) is 31.8 Å². The minimum Gasteiger partial charge on any atom is -0.490 e. The summed E-state index contributed by atoms with van der Waals surface area (Å²) in [6, 6.07) is 5.40. The molecule has 0 aliphatic carbocycles. The number of carbonyl (C=O) groups is 1. The van der Waals surface area contributed by atoms with E-state index in [1.54, 1.807) is 19.2 Å². The fourth-order valence-electron chi connectivity index (χ4n) is 1.77. The molecule has 1 aliphatic heterocycles. The van der Waals surface area contributed by atoms with Gasteiger partial charge in [0.2, 0.25) is 5.91 Å². The monoisotopic (exact) mass is 251 g/mol. The van der Waals surface area contributed by atoms with Gasteiger partial charge >= 0.3 is 0 Å². The number of ether oxygens (including phenoxy) is 2. The Morgan fingerprint density at radius 2 is 2.06 bits per heavy atom. The van der Waals surface area contributed by atoms with Gasteiger partial charge in [-0.15, -0.1) is 0 Å². The van der Waals surface area contributed by atoms with Crippen LogP contribution in [0.4, 0.5) is 5.69 Å². The van der Waals surface area contributed by atoms with Crippen molar-refractivity contribution in [3.63, 3.8) is 0 Å². The van der Waals surface area contributed by atoms with E-state index in [2.05, 4.69) is 0 Å². The topological polar surface area (TPSA) is 59.0 Å². The Hall–Kier alpha value is -1.75. The standard InChI is InChI=1S/C13H17NO4/c1-14(13(16)5-6-15)10-3-4-11-12(9-10)18-8-2-7-17-11/h3-4,9,15H,2,5-8H2,1H3. The summed E-state index contributed by atoms with van der Waals surface area (Å²) in [5.74, 6) is 1.24. The van der Waals surface area contributed by atoms with E-state index in [0.29, 0.717) is 24.7 Å². The van der Waals surface area contributed by atoms with Gasteiger partial charge in [0.1, 0.15) is 0 Å². The maximum Gasteiger partial charge on any atom is 0.229 e. The van der Waals surface area contributed by atoms with E-state index in [1.165, 1.54) is 4.90 Å². The van der Waals surface area contributed by atoms with E-state index in [1.807, 2.05) is 6.07 Å². The van der Waals surface area contributed by atoms with Crippen LogP contribution in [0.3, 0.4) is 0 Å². The van der Waals surface area contributed by atoms with Gasteiger partial charge in [0.25, 0.3) is 0 Å². The van der Waals surface area contributed by atoms with Crippen LogP contribution in [-0.2, 0) is 4.79 Å². The average Bonchev–Trinajstić information content (AvgIpc) is 2.62. The Labute approximate surface area is 106 Å². The SMILES string of the molecule is CN(C(=O)CCO)c1ccc2c(c1)OCCCO2. The molecule has 0 aromatic heterocycles. The highest BCUT2D eigenvalue weighted by Crippen LogP contribution is 2.33. The van der Waals surface area contributed by atoms with Crippen molar-refractivity contribution in [1.29, 1.82) is 0 Å². The van der Waals surface area contributed by atoms with Crippen molar-refractivity contribution in [2.24, 2.45) is 0 Å². The molecule has 0 unspecified atom stereocenters. The summed E-state index contributed by atoms with van der Waals surface area (Å²) in [5.41, 5.74) is 0.734. The summed E-state index contributed by atoms with van der Waals surface area (Å²) in [4.78, 5) is 13.2. The molecule has 0 radical (unpaired) electrons. The number of hydrogen-bond acceptors (Lipinski definition) is 4. The lowest BCUT2D eigenvalue weighted by molar-refractivity contribution is -0.118. The maximum absolute atomic E-state index is 11.7. The number of fused-ring (bicyclic) bond motifs is 1. The van der Waals surface area contributed by atoms with Gasteiger partial charge in [-0.05, 0) is 12.1 Å². The summed E-state index contributed by atoms with van der Waals surface area (Å²) < 4.78 is 11.1. The lowest BCUT2D eigenvalue weighted by Gasteiger charge is -2.18. The largest absolute Gasteiger partial charge is 0.490 e. The molecule has 0 spiro atoms. The van der Waals surface area contributed by atoms with Crippen LogP contribution < -0.4 is 14.4 Å². The van der Waals surface area contributed by atoms with E-state index < -0.39 is 0 Å². The molecule has 1 aromatic rings. The third-order valence-corrected chi connectivity index (χ3v) is 2.82. The molecule has 18 heavy (non-hydrogen) atoms. The molecule has 1 N–H and O–H groups in total. The van der Waals surface area contributed by atoms with Crippen LogP contribution >= 0.6 is 0 Å². The summed E-state index contributed by atoms with van der Waals surface area (Å²) >= 11 is 0. The second-order valence-corrected chi connectivity index (χ2v) is 4.11. The van der Waals surface area contributed by atoms with E-state index in [4.69, 9.17) is 14.6 Å². The summed E-state index contributed by atoms with van der Waals surface area (Å²) in [6.07, 6.45) is 0.967. The molecule has 2 rings (SSSR count). The molecule has 1 amide bonds. The van der Waals surface area contributed by atoms with Gasteiger partial charge in [-0.25, -0.2) is 0 Å². The van der Waals surface area contributed by atoms with Crippen LogP contribution in [0.1, 0.15) is 12.8 Å². The molecule has 0 fully saturated rings. The van der Waals surface area contributed by atoms with Crippen molar-refractivity contribution in [3.8, 4) is 11.5 Å². The van der Waals surface area contributed by atoms with Crippen LogP contribution in [0.15, 0.2) is 18.2 Å². The molecule has 1 heterocycles. The van der Waals surface area contributed by atoms with Crippen molar-refractivity contribution in [2.45, 2.75) is 12.8 Å². The fraction of sp³-hybridized carbons (Fsp3) is 0.462. The third-order valence-electron chi connectivity index (χ3n) is 2.82. The molecular formula is C13H17NO4. The van der Waals surface area contributed by atoms with Gasteiger partial charge in [-0.3, -0.25) is 4.79 Å². The molecule has 0 bridgehead atoms. The second kappa shape index (κ2) is 5.73. The highest BCUT2D eigenvalue weighted by atomic mass is 16.5. The van der Waals surface area contributed by atoms with E-state index >= 15 is 0 Å². The van der Waals surface area contributed by atoms with Crippen molar-refractivity contribution < 1.29 is 19.4 Å². The molecule has 5 heteroatoms. The number of anilines is 1. The molecule has 0 saturated carbocycles. The first kappa shape index (κ1) is 12.7. The minimum atomic E-state index is -0.145. The van der Waals surface area contributed by atoms with Crippen molar-refractivity contribution >= 4 is 11.6 Å². The first-order valence-corrected chi connectivity index (χ1v) is 5.99. The minimum absolute atomic E-state index is 0.116. The van der Waals surface area contributed by atoms with Gasteiger partial charge in [0.15, 0.2) is 11.5 Å². The van der Waals surface area contributed by atoms with Gasteiger partial charge in [-0.2, -0.15) is 0 Å². The molecule has 1 aliphatic rings. The number of amides is 1. The van der Waals surface area contributed by atoms with Crippen molar-refractivity contribution in [1.82, 2.24) is 0 Å². The lowest BCUT2D eigenvalue weighted by atomic mass is 10.2. The summed E-state index contributed by atoms with van der Waals surface area (Å²) in [5, 5.41) is 8.77. The van der Waals surface area contributed by atoms with Gasteiger partial charge in [0, 0.05) is 25.2 Å². The average molecular weight is 251 g/mol. The predicted molar refractivity (Wildman–Crippen MR) is 67.2 cm³/mol. The highest BCUT2D eigenvalue weighted by molar-refractivity contribution is 5.93. The Bertz CT molecular complexity index is 433. The van der Waals surface area contributed by atoms with E-state index in [9.17, 15) is 4.79 Å². The van der Waals surface area contributed by atoms with Gasteiger partial charge in [0.05, 0.1) is 26.2 Å². The first-order chi connectivity index (χ1) is 8.72. The maximum atomic E-state index is 11.7. The van der Waals surface area contributed by atoms with Gasteiger partial charge in [-0.1, -0.05) is 0 Å². The molecule has 0 atom stereocenters. The van der Waals surface area contributed by atoms with E-state index in [-0.39, 0.29) is 18.9 Å². The normalized spacial score (nSPS) is 13.9. The predicted octanol–water partition coefficient (Wildman–Crippen LogP) is 1.19. The Kier molecular flexibility index (Phi) is 4.04. The van der Waals surface area contributed by atoms with Crippen LogP contribution in [0.2, 0.25) is 0 Å². The lowest BCUT2D eigenvalue weighted by Crippen LogP contribution is -2.26. The zero-order chi connectivity index (χ0) is 13.0. The Morgan fingerprint density at radius 3 is 2.78 bits per heavy atom. The first-order valence-electron chi connectivity index (χ1n) is 5.99. The Morgan fingerprint density at radius 1 is 1.33 bits per heavy atom. The zero-order valence-corrected chi connectivity index (χ0v) is 10.4. The van der Waals surface area contributed by atoms with E-state index in [0.717, 1.165) is 12.1 Å². The fourth-order valence-corrected chi connectivity index (χ4v) is 1.77. The van der Waals surface area contributed by atoms with Crippen LogP contribution in [0.5, 0.6) is 11.5 Å².